The van der Waals surface area contributed by atoms with Gasteiger partial charge < -0.3 is 15.3 Å². The smallest absolute Gasteiger partial charge is 0.328 e. The topological polar surface area (TPSA) is 69.6 Å². The predicted octanol–water partition coefficient (Wildman–Crippen LogP) is 2.21. The molecule has 108 valence electrons. The molecular formula is C14H24N2O3. The van der Waals surface area contributed by atoms with E-state index in [1.807, 2.05) is 4.90 Å². The van der Waals surface area contributed by atoms with E-state index in [9.17, 15) is 9.59 Å². The third kappa shape index (κ3) is 3.01. The maximum atomic E-state index is 12.3. The lowest BCUT2D eigenvalue weighted by atomic mass is 9.96. The molecule has 2 fully saturated rings. The highest BCUT2D eigenvalue weighted by Crippen LogP contribution is 2.35. The van der Waals surface area contributed by atoms with Crippen molar-refractivity contribution in [2.75, 3.05) is 6.54 Å². The molecule has 1 unspecified atom stereocenters. The number of carbonyl (C=O) groups excluding carboxylic acids is 1. The molecular weight excluding hydrogens is 244 g/mol. The molecule has 1 saturated heterocycles. The number of urea groups is 1. The number of hydrogen-bond donors (Lipinski definition) is 2. The Labute approximate surface area is 114 Å². The van der Waals surface area contributed by atoms with Gasteiger partial charge in [-0.25, -0.2) is 9.59 Å². The van der Waals surface area contributed by atoms with Crippen LogP contribution in [0.5, 0.6) is 0 Å². The number of carboxylic acids is 1. The van der Waals surface area contributed by atoms with Crippen LogP contribution >= 0.6 is 0 Å². The van der Waals surface area contributed by atoms with Crippen LogP contribution in [-0.2, 0) is 4.79 Å². The highest BCUT2D eigenvalue weighted by Gasteiger charge is 2.38. The number of carboxylic acid groups (broad SMARTS) is 1. The van der Waals surface area contributed by atoms with Gasteiger partial charge in [0.1, 0.15) is 5.54 Å². The molecule has 2 N–H and O–H groups in total. The average Bonchev–Trinajstić information content (AvgIpc) is 2.99. The van der Waals surface area contributed by atoms with Crippen molar-refractivity contribution in [2.45, 2.75) is 64.0 Å². The molecule has 1 atom stereocenters. The quantitative estimate of drug-likeness (QED) is 0.824. The molecule has 0 aromatic heterocycles. The van der Waals surface area contributed by atoms with Crippen molar-refractivity contribution < 1.29 is 14.7 Å². The molecule has 2 aliphatic rings. The number of hydrogen-bond acceptors (Lipinski definition) is 2. The van der Waals surface area contributed by atoms with Gasteiger partial charge in [-0.15, -0.1) is 0 Å². The molecule has 1 saturated carbocycles. The van der Waals surface area contributed by atoms with Gasteiger partial charge in [-0.3, -0.25) is 0 Å². The van der Waals surface area contributed by atoms with E-state index in [0.717, 1.165) is 19.4 Å². The minimum Gasteiger partial charge on any atom is -0.480 e. The lowest BCUT2D eigenvalue weighted by Crippen LogP contribution is -2.55. The minimum absolute atomic E-state index is 0.221. The first kappa shape index (κ1) is 14.2. The normalized spacial score (nSPS) is 24.7. The Hall–Kier alpha value is -1.26. The SMILES string of the molecule is CC(C)(NC(=O)N1CCCC1C1CCCC1)C(=O)O. The highest BCUT2D eigenvalue weighted by molar-refractivity contribution is 5.85. The van der Waals surface area contributed by atoms with Gasteiger partial charge in [-0.05, 0) is 45.4 Å². The standard InChI is InChI=1S/C14H24N2O3/c1-14(2,12(17)18)15-13(19)16-9-5-8-11(16)10-6-3-4-7-10/h10-11H,3-9H2,1-2H3,(H,15,19)(H,17,18). The van der Waals surface area contributed by atoms with Crippen molar-refractivity contribution in [1.29, 1.82) is 0 Å². The molecule has 0 aromatic rings. The molecule has 5 heteroatoms. The van der Waals surface area contributed by atoms with Crippen LogP contribution in [0.25, 0.3) is 0 Å². The van der Waals surface area contributed by atoms with E-state index in [1.165, 1.54) is 39.5 Å². The maximum Gasteiger partial charge on any atom is 0.328 e. The van der Waals surface area contributed by atoms with Gasteiger partial charge in [-0.1, -0.05) is 12.8 Å². The number of nitrogens with one attached hydrogen (secondary N) is 1. The zero-order valence-corrected chi connectivity index (χ0v) is 11.8. The van der Waals surface area contributed by atoms with Crippen LogP contribution in [0.1, 0.15) is 52.4 Å². The van der Waals surface area contributed by atoms with Gasteiger partial charge in [0.05, 0.1) is 0 Å². The summed E-state index contributed by atoms with van der Waals surface area (Å²) in [5.41, 5.74) is -1.21. The van der Waals surface area contributed by atoms with Gasteiger partial charge in [0.2, 0.25) is 0 Å². The van der Waals surface area contributed by atoms with Crippen LogP contribution < -0.4 is 5.32 Å². The van der Waals surface area contributed by atoms with Gasteiger partial charge in [0, 0.05) is 12.6 Å². The number of nitrogens with zero attached hydrogens (tertiary/aromatic N) is 1. The lowest BCUT2D eigenvalue weighted by Gasteiger charge is -2.32. The summed E-state index contributed by atoms with van der Waals surface area (Å²) in [4.78, 5) is 25.2. The molecule has 2 rings (SSSR count). The minimum atomic E-state index is -1.21. The Morgan fingerprint density at radius 3 is 2.37 bits per heavy atom. The molecule has 1 aliphatic heterocycles. The number of aliphatic carboxylic acids is 1. The first-order chi connectivity index (χ1) is 8.92. The van der Waals surface area contributed by atoms with E-state index in [1.54, 1.807) is 0 Å². The molecule has 19 heavy (non-hydrogen) atoms. The summed E-state index contributed by atoms with van der Waals surface area (Å²) in [6.07, 6.45) is 7.02. The van der Waals surface area contributed by atoms with Gasteiger partial charge in [-0.2, -0.15) is 0 Å². The number of amides is 2. The fraction of sp³-hybridized carbons (Fsp3) is 0.857. The molecule has 1 heterocycles. The molecule has 0 spiro atoms. The Morgan fingerprint density at radius 2 is 1.79 bits per heavy atom. The van der Waals surface area contributed by atoms with Crippen molar-refractivity contribution in [2.24, 2.45) is 5.92 Å². The summed E-state index contributed by atoms with van der Waals surface area (Å²) in [7, 11) is 0. The van der Waals surface area contributed by atoms with E-state index in [4.69, 9.17) is 5.11 Å². The lowest BCUT2D eigenvalue weighted by molar-refractivity contribution is -0.143. The third-order valence-corrected chi connectivity index (χ3v) is 4.46. The van der Waals surface area contributed by atoms with E-state index in [2.05, 4.69) is 5.32 Å². The summed E-state index contributed by atoms with van der Waals surface area (Å²) in [5, 5.41) is 11.7. The first-order valence-electron chi connectivity index (χ1n) is 7.24. The average molecular weight is 268 g/mol. The zero-order valence-electron chi connectivity index (χ0n) is 11.8. The summed E-state index contributed by atoms with van der Waals surface area (Å²) < 4.78 is 0. The Balaban J connectivity index is 1.99. The number of rotatable bonds is 3. The van der Waals surface area contributed by atoms with Crippen LogP contribution in [0.2, 0.25) is 0 Å². The summed E-state index contributed by atoms with van der Waals surface area (Å²) in [6, 6.07) is 0.0916. The second-order valence-electron chi connectivity index (χ2n) is 6.31. The largest absolute Gasteiger partial charge is 0.480 e. The van der Waals surface area contributed by atoms with Crippen molar-refractivity contribution in [3.63, 3.8) is 0 Å². The Morgan fingerprint density at radius 1 is 1.16 bits per heavy atom. The van der Waals surface area contributed by atoms with Crippen molar-refractivity contribution in [3.05, 3.63) is 0 Å². The number of likely N-dealkylation sites (tertiary alicyclic amines) is 1. The van der Waals surface area contributed by atoms with Crippen molar-refractivity contribution >= 4 is 12.0 Å². The van der Waals surface area contributed by atoms with Gasteiger partial charge >= 0.3 is 12.0 Å². The monoisotopic (exact) mass is 268 g/mol. The molecule has 5 nitrogen and oxygen atoms in total. The first-order valence-corrected chi connectivity index (χ1v) is 7.24. The fourth-order valence-corrected chi connectivity index (χ4v) is 3.27. The Kier molecular flexibility index (Phi) is 4.02. The second kappa shape index (κ2) is 5.39. The van der Waals surface area contributed by atoms with Crippen LogP contribution in [0.15, 0.2) is 0 Å². The maximum absolute atomic E-state index is 12.3. The van der Waals surface area contributed by atoms with Crippen LogP contribution in [0.3, 0.4) is 0 Å². The molecule has 0 radical (unpaired) electrons. The van der Waals surface area contributed by atoms with Gasteiger partial charge in [0.25, 0.3) is 0 Å². The third-order valence-electron chi connectivity index (χ3n) is 4.46. The number of carbonyl (C=O) groups is 2. The van der Waals surface area contributed by atoms with E-state index < -0.39 is 11.5 Å². The van der Waals surface area contributed by atoms with Gasteiger partial charge in [0.15, 0.2) is 0 Å². The summed E-state index contributed by atoms with van der Waals surface area (Å²) in [5.74, 6) is -0.390. The summed E-state index contributed by atoms with van der Waals surface area (Å²) >= 11 is 0. The molecule has 1 aliphatic carbocycles. The highest BCUT2D eigenvalue weighted by atomic mass is 16.4. The molecule has 0 aromatic carbocycles. The Bertz CT molecular complexity index is 362. The second-order valence-corrected chi connectivity index (χ2v) is 6.31. The van der Waals surface area contributed by atoms with Crippen molar-refractivity contribution in [1.82, 2.24) is 10.2 Å². The predicted molar refractivity (Wildman–Crippen MR) is 71.9 cm³/mol. The van der Waals surface area contributed by atoms with Crippen LogP contribution in [-0.4, -0.2) is 40.1 Å². The molecule has 2 amide bonds. The van der Waals surface area contributed by atoms with Crippen LogP contribution in [0.4, 0.5) is 4.79 Å². The molecule has 0 bridgehead atoms. The fourth-order valence-electron chi connectivity index (χ4n) is 3.27. The van der Waals surface area contributed by atoms with E-state index in [-0.39, 0.29) is 6.03 Å². The van der Waals surface area contributed by atoms with E-state index in [0.29, 0.717) is 12.0 Å². The van der Waals surface area contributed by atoms with Crippen LogP contribution in [0, 0.1) is 5.92 Å². The summed E-state index contributed by atoms with van der Waals surface area (Å²) in [6.45, 7) is 3.80. The van der Waals surface area contributed by atoms with E-state index >= 15 is 0 Å². The zero-order chi connectivity index (χ0) is 14.0. The van der Waals surface area contributed by atoms with Crippen molar-refractivity contribution in [3.8, 4) is 0 Å².